The number of morpholine rings is 1. The molecule has 1 N–H and O–H groups in total. The van der Waals surface area contributed by atoms with Gasteiger partial charge in [0.1, 0.15) is 24.1 Å². The maximum absolute atomic E-state index is 15.4. The van der Waals surface area contributed by atoms with Crippen LogP contribution in [0, 0.1) is 5.82 Å². The van der Waals surface area contributed by atoms with Crippen molar-refractivity contribution in [3.05, 3.63) is 64.5 Å². The lowest BCUT2D eigenvalue weighted by atomic mass is 10.0. The maximum Gasteiger partial charge on any atom is 0.255 e. The first-order chi connectivity index (χ1) is 23.6. The summed E-state index contributed by atoms with van der Waals surface area (Å²) in [4.78, 5) is 38.0. The number of benzene rings is 2. The molecule has 8 nitrogen and oxygen atoms in total. The molecular formula is C25H26FN3O5. The van der Waals surface area contributed by atoms with Crippen molar-refractivity contribution in [1.82, 2.24) is 15.1 Å². The molecule has 3 amide bonds. The number of nitrogens with zero attached hydrogens (tertiary/aromatic N) is 2. The Balaban J connectivity index is 1.60. The molecule has 2 aromatic carbocycles. The SMILES string of the molecule is [2H]C([2H])(Oc1cccc2c1C([2H])([2H])N(C1([2H])C(=O)NC(=O)C([2H])([2H])C1([2H])[2H])C2=O)c1cc(C([2H])([2H])N2C([2H])([2H])C([2H])([2H])OC([2H])([2H])C2([2H])[2H])ccc1F. The molecule has 3 heterocycles. The summed E-state index contributed by atoms with van der Waals surface area (Å²) in [6, 6.07) is 0.283. The minimum absolute atomic E-state index is 0.302. The van der Waals surface area contributed by atoms with Crippen LogP contribution in [-0.2, 0) is 33.9 Å². The molecule has 2 fully saturated rings. The number of carbonyl (C=O) groups is 3. The Bertz CT molecular complexity index is 1920. The molecule has 1 atom stereocenters. The van der Waals surface area contributed by atoms with Crippen molar-refractivity contribution >= 4 is 17.7 Å². The van der Waals surface area contributed by atoms with E-state index >= 15 is 4.39 Å². The Kier molecular flexibility index (Phi) is 2.63. The van der Waals surface area contributed by atoms with E-state index in [1.165, 1.54) is 5.32 Å². The van der Waals surface area contributed by atoms with Crippen LogP contribution in [0.25, 0.3) is 0 Å². The lowest BCUT2D eigenvalue weighted by Crippen LogP contribution is -2.52. The minimum Gasteiger partial charge on any atom is -0.488 e. The van der Waals surface area contributed by atoms with Crippen LogP contribution in [0.2, 0.25) is 0 Å². The summed E-state index contributed by atoms with van der Waals surface area (Å²) in [6.45, 7) is -25.6. The van der Waals surface area contributed by atoms with Crippen LogP contribution < -0.4 is 10.1 Å². The van der Waals surface area contributed by atoms with Crippen molar-refractivity contribution in [3.8, 4) is 5.75 Å². The third kappa shape index (κ3) is 4.53. The van der Waals surface area contributed by atoms with Crippen LogP contribution in [0.5, 0.6) is 5.75 Å². The van der Waals surface area contributed by atoms with Crippen LogP contribution in [0.1, 0.15) is 65.8 Å². The van der Waals surface area contributed by atoms with E-state index in [0.29, 0.717) is 18.2 Å². The molecule has 178 valence electrons. The number of fused-ring (bicyclic) bond motifs is 1. The molecule has 0 bridgehead atoms. The van der Waals surface area contributed by atoms with Gasteiger partial charge in [0, 0.05) is 56.3 Å². The molecule has 0 aliphatic carbocycles. The normalized spacial score (nSPS) is 42.6. The summed E-state index contributed by atoms with van der Waals surface area (Å²) >= 11 is 0. The highest BCUT2D eigenvalue weighted by Gasteiger charge is 2.40. The molecule has 2 aromatic rings. The molecule has 0 radical (unpaired) electrons. The van der Waals surface area contributed by atoms with Gasteiger partial charge >= 0.3 is 0 Å². The van der Waals surface area contributed by atoms with E-state index in [1.807, 2.05) is 0 Å². The molecule has 34 heavy (non-hydrogen) atoms. The zero-order valence-electron chi connectivity index (χ0n) is 35.8. The van der Waals surface area contributed by atoms with E-state index in [9.17, 15) is 14.4 Å². The van der Waals surface area contributed by atoms with Gasteiger partial charge in [0.15, 0.2) is 0 Å². The van der Waals surface area contributed by atoms with E-state index in [1.54, 1.807) is 0 Å². The van der Waals surface area contributed by atoms with Crippen molar-refractivity contribution in [2.45, 2.75) is 38.3 Å². The van der Waals surface area contributed by atoms with Crippen molar-refractivity contribution in [2.24, 2.45) is 0 Å². The molecule has 1 unspecified atom stereocenters. The fourth-order valence-corrected chi connectivity index (χ4v) is 3.03. The Hall–Kier alpha value is -3.30. The van der Waals surface area contributed by atoms with Crippen LogP contribution in [0.15, 0.2) is 36.4 Å². The minimum atomic E-state index is -3.91. The fraction of sp³-hybridized carbons (Fsp3) is 0.400. The van der Waals surface area contributed by atoms with Crippen molar-refractivity contribution < 1.29 is 54.3 Å². The number of hydrogen-bond donors (Lipinski definition) is 1. The number of imide groups is 1. The van der Waals surface area contributed by atoms with Gasteiger partial charge in [-0.05, 0) is 36.2 Å². The molecule has 5 rings (SSSR count). The molecule has 2 saturated heterocycles. The second-order valence-corrected chi connectivity index (χ2v) is 6.69. The first-order valence-corrected chi connectivity index (χ1v) is 9.44. The van der Waals surface area contributed by atoms with Crippen molar-refractivity contribution in [1.29, 1.82) is 0 Å². The third-order valence-electron chi connectivity index (χ3n) is 4.54. The summed E-state index contributed by atoms with van der Waals surface area (Å²) in [5, 5.41) is 1.42. The summed E-state index contributed by atoms with van der Waals surface area (Å²) in [5.74, 6) is -7.78. The van der Waals surface area contributed by atoms with E-state index in [-0.39, 0.29) is 4.90 Å². The quantitative estimate of drug-likeness (QED) is 0.629. The molecule has 3 aliphatic rings. The largest absolute Gasteiger partial charge is 0.488 e. The number of carbonyl (C=O) groups excluding carboxylic acids is 3. The number of amides is 3. The zero-order valence-corrected chi connectivity index (χ0v) is 16.8. The van der Waals surface area contributed by atoms with Gasteiger partial charge < -0.3 is 14.4 Å². The van der Waals surface area contributed by atoms with Crippen LogP contribution in [0.3, 0.4) is 0 Å². The highest BCUT2D eigenvalue weighted by atomic mass is 19.1. The van der Waals surface area contributed by atoms with Crippen LogP contribution >= 0.6 is 0 Å². The average Bonchev–Trinajstić information content (AvgIpc) is 3.19. The highest BCUT2D eigenvalue weighted by molar-refractivity contribution is 6.05. The highest BCUT2D eigenvalue weighted by Crippen LogP contribution is 2.34. The maximum atomic E-state index is 15.4. The number of piperidine rings is 1. The summed E-state index contributed by atoms with van der Waals surface area (Å²) in [7, 11) is 0. The van der Waals surface area contributed by atoms with Crippen LogP contribution in [0.4, 0.5) is 4.39 Å². The second kappa shape index (κ2) is 9.52. The van der Waals surface area contributed by atoms with Gasteiger partial charge in [0.05, 0.1) is 32.0 Å². The van der Waals surface area contributed by atoms with Crippen molar-refractivity contribution in [2.75, 3.05) is 26.1 Å². The first kappa shape index (κ1) is 9.39. The molecule has 9 heteroatoms. The average molecular weight is 487 g/mol. The first-order valence-electron chi connectivity index (χ1n) is 18.9. The van der Waals surface area contributed by atoms with Crippen molar-refractivity contribution in [3.63, 3.8) is 0 Å². The standard InChI is InChI=1S/C25H26FN3O5/c26-20-5-4-16(13-28-8-10-33-11-9-28)12-17(20)15-34-22-3-1-2-18-19(22)14-29(25(18)32)21-6-7-23(30)27-24(21)31/h1-5,12,21H,6-11,13-15H2,(H,27,30,31)/i6D2,7D2,8D2,9D2,10D2,11D2,13D2,14D2,15D2,21D. The molecule has 0 aromatic heterocycles. The molecule has 3 aliphatic heterocycles. The van der Waals surface area contributed by atoms with Gasteiger partial charge in [0.2, 0.25) is 11.8 Å². The Labute approximate surface area is 223 Å². The lowest BCUT2D eigenvalue weighted by Gasteiger charge is -2.29. The topological polar surface area (TPSA) is 88.2 Å². The number of rotatable bonds is 6. The van der Waals surface area contributed by atoms with E-state index in [0.717, 1.165) is 18.2 Å². The van der Waals surface area contributed by atoms with Gasteiger partial charge in [-0.1, -0.05) is 12.1 Å². The number of halogens is 1. The van der Waals surface area contributed by atoms with Gasteiger partial charge in [-0.15, -0.1) is 0 Å². The summed E-state index contributed by atoms with van der Waals surface area (Å²) in [6.07, 6.45) is -7.59. The van der Waals surface area contributed by atoms with E-state index in [4.69, 9.17) is 30.8 Å². The molecule has 0 spiro atoms. The lowest BCUT2D eigenvalue weighted by molar-refractivity contribution is -0.136. The fourth-order valence-electron chi connectivity index (χ4n) is 3.03. The third-order valence-corrected chi connectivity index (χ3v) is 4.54. The number of ether oxygens (including phenoxy) is 2. The number of hydrogen-bond acceptors (Lipinski definition) is 6. The Morgan fingerprint density at radius 2 is 2.06 bits per heavy atom. The monoisotopic (exact) mass is 486 g/mol. The molecular weight excluding hydrogens is 441 g/mol. The molecule has 0 saturated carbocycles. The zero-order chi connectivity index (χ0) is 40.7. The Morgan fingerprint density at radius 1 is 1.24 bits per heavy atom. The van der Waals surface area contributed by atoms with Crippen LogP contribution in [-0.4, -0.2) is 59.7 Å². The second-order valence-electron chi connectivity index (χ2n) is 6.69. The summed E-state index contributed by atoms with van der Waals surface area (Å²) in [5.41, 5.74) is -3.93. The van der Waals surface area contributed by atoms with E-state index in [2.05, 4.69) is 4.74 Å². The summed E-state index contributed by atoms with van der Waals surface area (Å²) < 4.78 is 182. The predicted molar refractivity (Wildman–Crippen MR) is 119 cm³/mol. The Morgan fingerprint density at radius 3 is 2.88 bits per heavy atom. The van der Waals surface area contributed by atoms with Gasteiger partial charge in [-0.2, -0.15) is 0 Å². The predicted octanol–water partition coefficient (Wildman–Crippen LogP) is 2.00. The van der Waals surface area contributed by atoms with E-state index < -0.39 is 121 Å². The van der Waals surface area contributed by atoms with Gasteiger partial charge in [-0.3, -0.25) is 24.6 Å². The van der Waals surface area contributed by atoms with Gasteiger partial charge in [0.25, 0.3) is 5.91 Å². The van der Waals surface area contributed by atoms with Gasteiger partial charge in [-0.25, -0.2) is 4.39 Å². The number of nitrogens with one attached hydrogen (secondary N) is 1. The smallest absolute Gasteiger partial charge is 0.255 e.